The molecule has 1 aliphatic carbocycles. The summed E-state index contributed by atoms with van der Waals surface area (Å²) in [6, 6.07) is 4.67. The van der Waals surface area contributed by atoms with Crippen LogP contribution in [0.5, 0.6) is 0 Å². The van der Waals surface area contributed by atoms with Crippen molar-refractivity contribution in [2.45, 2.75) is 32.1 Å². The van der Waals surface area contributed by atoms with Crippen molar-refractivity contribution in [1.29, 1.82) is 0 Å². The number of rotatable bonds is 4. The minimum atomic E-state index is -0.870. The van der Waals surface area contributed by atoms with Crippen molar-refractivity contribution in [3.8, 4) is 0 Å². The minimum absolute atomic E-state index is 0.206. The summed E-state index contributed by atoms with van der Waals surface area (Å²) in [6.45, 7) is 0.719. The second-order valence-corrected chi connectivity index (χ2v) is 7.73. The summed E-state index contributed by atoms with van der Waals surface area (Å²) in [5.41, 5.74) is -1.24. The fourth-order valence-corrected chi connectivity index (χ4v) is 4.04. The van der Waals surface area contributed by atoms with E-state index >= 15 is 0 Å². The lowest BCUT2D eigenvalue weighted by Crippen LogP contribution is -2.50. The van der Waals surface area contributed by atoms with Crippen LogP contribution in [0, 0.1) is 11.3 Å². The topological polar surface area (TPSA) is 123 Å². The Kier molecular flexibility index (Phi) is 4.13. The van der Waals surface area contributed by atoms with Gasteiger partial charge in [0.15, 0.2) is 0 Å². The highest BCUT2D eigenvalue weighted by atomic mass is 16.4. The molecular formula is C19H21N3O5. The third-order valence-corrected chi connectivity index (χ3v) is 5.66. The Morgan fingerprint density at radius 2 is 1.85 bits per heavy atom. The number of carboxylic acids is 1. The van der Waals surface area contributed by atoms with Crippen molar-refractivity contribution in [3.63, 3.8) is 0 Å². The Labute approximate surface area is 154 Å². The van der Waals surface area contributed by atoms with E-state index in [1.165, 1.54) is 6.07 Å². The fourth-order valence-electron chi connectivity index (χ4n) is 4.04. The normalized spacial score (nSPS) is 22.7. The van der Waals surface area contributed by atoms with Gasteiger partial charge in [-0.05, 0) is 43.4 Å². The fraction of sp³-hybridized carbons (Fsp3) is 0.474. The number of nitrogens with one attached hydrogen (secondary N) is 2. The molecule has 1 saturated heterocycles. The molecule has 4 rings (SSSR count). The van der Waals surface area contributed by atoms with E-state index in [0.29, 0.717) is 48.3 Å². The molecule has 0 bridgehead atoms. The van der Waals surface area contributed by atoms with Gasteiger partial charge in [-0.1, -0.05) is 12.8 Å². The first-order valence-corrected chi connectivity index (χ1v) is 9.17. The maximum atomic E-state index is 13.0. The molecule has 1 aromatic heterocycles. The number of hydrogen-bond donors (Lipinski definition) is 3. The van der Waals surface area contributed by atoms with E-state index in [1.54, 1.807) is 17.0 Å². The predicted molar refractivity (Wildman–Crippen MR) is 97.7 cm³/mol. The molecule has 1 atom stereocenters. The lowest BCUT2D eigenvalue weighted by Gasteiger charge is -2.40. The van der Waals surface area contributed by atoms with Gasteiger partial charge in [0.25, 0.3) is 5.91 Å². The Bertz CT molecular complexity index is 1040. The number of benzene rings is 1. The molecule has 1 aliphatic heterocycles. The molecule has 1 aromatic carbocycles. The van der Waals surface area contributed by atoms with E-state index in [4.69, 9.17) is 0 Å². The average Bonchev–Trinajstić information content (AvgIpc) is 3.45. The maximum absolute atomic E-state index is 13.0. The number of carboxylic acid groups (broad SMARTS) is 1. The van der Waals surface area contributed by atoms with Gasteiger partial charge in [-0.2, -0.15) is 0 Å². The van der Waals surface area contributed by atoms with E-state index in [2.05, 4.69) is 9.97 Å². The number of aromatic amines is 2. The standard InChI is InChI=1S/C19H21N3O5/c23-15-16(24)21-14-8-12(4-5-13(14)20-15)17(25)22-7-1-6-19(10-22,18(26)27)9-11-2-3-11/h4-5,8,11H,1-3,6-7,9-10H2,(H,20,23)(H,21,24)(H,26,27). The van der Waals surface area contributed by atoms with Crippen LogP contribution in [0.2, 0.25) is 0 Å². The number of fused-ring (bicyclic) bond motifs is 1. The Balaban J connectivity index is 1.62. The zero-order valence-corrected chi connectivity index (χ0v) is 14.8. The SMILES string of the molecule is O=C(c1ccc2[nH]c(=O)c(=O)[nH]c2c1)N1CCCC(CC2CC2)(C(=O)O)C1. The number of piperidine rings is 1. The van der Waals surface area contributed by atoms with Crippen LogP contribution in [0.15, 0.2) is 27.8 Å². The quantitative estimate of drug-likeness (QED) is 0.700. The molecule has 8 heteroatoms. The van der Waals surface area contributed by atoms with Gasteiger partial charge < -0.3 is 20.0 Å². The van der Waals surface area contributed by atoms with Crippen molar-refractivity contribution >= 4 is 22.9 Å². The molecule has 0 radical (unpaired) electrons. The number of aliphatic carboxylic acids is 1. The smallest absolute Gasteiger partial charge is 0.314 e. The lowest BCUT2D eigenvalue weighted by atomic mass is 9.75. The third kappa shape index (κ3) is 3.27. The van der Waals surface area contributed by atoms with Crippen LogP contribution in [0.25, 0.3) is 11.0 Å². The largest absolute Gasteiger partial charge is 0.481 e. The monoisotopic (exact) mass is 371 g/mol. The number of H-pyrrole nitrogens is 2. The van der Waals surface area contributed by atoms with Crippen molar-refractivity contribution in [1.82, 2.24) is 14.9 Å². The van der Waals surface area contributed by atoms with Crippen LogP contribution >= 0.6 is 0 Å². The Hall–Kier alpha value is -2.90. The van der Waals surface area contributed by atoms with Gasteiger partial charge in [0, 0.05) is 18.7 Å². The van der Waals surface area contributed by atoms with Crippen molar-refractivity contribution in [3.05, 3.63) is 44.5 Å². The molecule has 2 aliphatic rings. The zero-order valence-electron chi connectivity index (χ0n) is 14.8. The van der Waals surface area contributed by atoms with Crippen molar-refractivity contribution in [2.24, 2.45) is 11.3 Å². The van der Waals surface area contributed by atoms with E-state index in [1.807, 2.05) is 0 Å². The molecule has 2 aromatic rings. The molecular weight excluding hydrogens is 350 g/mol. The second kappa shape index (κ2) is 6.37. The molecule has 142 valence electrons. The molecule has 2 fully saturated rings. The molecule has 27 heavy (non-hydrogen) atoms. The van der Waals surface area contributed by atoms with Crippen LogP contribution < -0.4 is 11.1 Å². The summed E-state index contributed by atoms with van der Waals surface area (Å²) in [6.07, 6.45) is 4.01. The van der Waals surface area contributed by atoms with E-state index in [-0.39, 0.29) is 12.5 Å². The van der Waals surface area contributed by atoms with Gasteiger partial charge in [0.1, 0.15) is 0 Å². The summed E-state index contributed by atoms with van der Waals surface area (Å²) in [5.74, 6) is -0.629. The number of hydrogen-bond acceptors (Lipinski definition) is 4. The highest BCUT2D eigenvalue weighted by Crippen LogP contribution is 2.45. The van der Waals surface area contributed by atoms with Crippen molar-refractivity contribution < 1.29 is 14.7 Å². The van der Waals surface area contributed by atoms with Gasteiger partial charge in [0.2, 0.25) is 0 Å². The van der Waals surface area contributed by atoms with Gasteiger partial charge >= 0.3 is 17.1 Å². The number of carbonyl (C=O) groups excluding carboxylic acids is 1. The second-order valence-electron chi connectivity index (χ2n) is 7.73. The molecule has 1 amide bonds. The lowest BCUT2D eigenvalue weighted by molar-refractivity contribution is -0.152. The first-order chi connectivity index (χ1) is 12.9. The van der Waals surface area contributed by atoms with Gasteiger partial charge in [-0.15, -0.1) is 0 Å². The summed E-state index contributed by atoms with van der Waals surface area (Å²) in [7, 11) is 0. The Morgan fingerprint density at radius 1 is 1.15 bits per heavy atom. The van der Waals surface area contributed by atoms with Crippen LogP contribution in [-0.4, -0.2) is 44.9 Å². The molecule has 1 saturated carbocycles. The molecule has 0 spiro atoms. The summed E-state index contributed by atoms with van der Waals surface area (Å²) in [5, 5.41) is 9.82. The molecule has 2 heterocycles. The molecule has 1 unspecified atom stereocenters. The number of nitrogens with zero attached hydrogens (tertiary/aromatic N) is 1. The van der Waals surface area contributed by atoms with Crippen LogP contribution in [-0.2, 0) is 4.79 Å². The van der Waals surface area contributed by atoms with Gasteiger partial charge in [-0.25, -0.2) is 0 Å². The van der Waals surface area contributed by atoms with Crippen LogP contribution in [0.1, 0.15) is 42.5 Å². The van der Waals surface area contributed by atoms with Gasteiger partial charge in [0.05, 0.1) is 16.4 Å². The van der Waals surface area contributed by atoms with Gasteiger partial charge in [-0.3, -0.25) is 19.2 Å². The minimum Gasteiger partial charge on any atom is -0.481 e. The zero-order chi connectivity index (χ0) is 19.2. The highest BCUT2D eigenvalue weighted by molar-refractivity contribution is 5.97. The summed E-state index contributed by atoms with van der Waals surface area (Å²) < 4.78 is 0. The van der Waals surface area contributed by atoms with E-state index in [9.17, 15) is 24.3 Å². The third-order valence-electron chi connectivity index (χ3n) is 5.66. The molecule has 3 N–H and O–H groups in total. The predicted octanol–water partition coefficient (Wildman–Crippen LogP) is 1.32. The highest BCUT2D eigenvalue weighted by Gasteiger charge is 2.46. The molecule has 8 nitrogen and oxygen atoms in total. The van der Waals surface area contributed by atoms with Crippen LogP contribution in [0.4, 0.5) is 0 Å². The number of aromatic nitrogens is 2. The first-order valence-electron chi connectivity index (χ1n) is 9.17. The first kappa shape index (κ1) is 17.5. The number of amides is 1. The van der Waals surface area contributed by atoms with E-state index in [0.717, 1.165) is 12.8 Å². The van der Waals surface area contributed by atoms with E-state index < -0.39 is 22.5 Å². The average molecular weight is 371 g/mol. The Morgan fingerprint density at radius 3 is 2.52 bits per heavy atom. The number of carbonyl (C=O) groups is 2. The van der Waals surface area contributed by atoms with Crippen LogP contribution in [0.3, 0.4) is 0 Å². The number of likely N-dealkylation sites (tertiary alicyclic amines) is 1. The summed E-state index contributed by atoms with van der Waals surface area (Å²) >= 11 is 0. The maximum Gasteiger partial charge on any atom is 0.314 e. The van der Waals surface area contributed by atoms with Crippen molar-refractivity contribution in [2.75, 3.05) is 13.1 Å². The summed E-state index contributed by atoms with van der Waals surface area (Å²) in [4.78, 5) is 54.4.